The number of fused-ring (bicyclic) bond motifs is 4. The Morgan fingerprint density at radius 2 is 2.13 bits per heavy atom. The molecule has 15 heavy (non-hydrogen) atoms. The Hall–Kier alpha value is -1.34. The van der Waals surface area contributed by atoms with Gasteiger partial charge in [0.2, 0.25) is 0 Å². The van der Waals surface area contributed by atoms with Gasteiger partial charge in [0.1, 0.15) is 0 Å². The van der Waals surface area contributed by atoms with Crippen LogP contribution in [-0.2, 0) is 0 Å². The molecule has 2 aliphatic rings. The summed E-state index contributed by atoms with van der Waals surface area (Å²) in [6.07, 6.45) is 8.35. The summed E-state index contributed by atoms with van der Waals surface area (Å²) in [5, 5.41) is 1.41. The summed E-state index contributed by atoms with van der Waals surface area (Å²) < 4.78 is 1.41. The van der Waals surface area contributed by atoms with Crippen LogP contribution in [0.25, 0.3) is 22.2 Å². The Morgan fingerprint density at radius 3 is 3.13 bits per heavy atom. The third-order valence-corrected chi connectivity index (χ3v) is 4.38. The largest absolute Gasteiger partial charge is 0.135 e. The van der Waals surface area contributed by atoms with Crippen LogP contribution >= 0.6 is 11.3 Å². The van der Waals surface area contributed by atoms with Crippen LogP contribution < -0.4 is 0 Å². The smallest absolute Gasteiger partial charge is 0.0355 e. The first-order chi connectivity index (χ1) is 7.42. The molecule has 0 N–H and O–H groups in total. The predicted molar refractivity (Wildman–Crippen MR) is 66.9 cm³/mol. The fraction of sp³-hybridized carbons (Fsp3) is 0.143. The number of benzene rings is 1. The number of hydrogen-bond donors (Lipinski definition) is 0. The van der Waals surface area contributed by atoms with Crippen LogP contribution in [-0.4, -0.2) is 0 Å². The van der Waals surface area contributed by atoms with Crippen molar-refractivity contribution in [3.8, 4) is 0 Å². The van der Waals surface area contributed by atoms with E-state index in [0.717, 1.165) is 5.92 Å². The lowest BCUT2D eigenvalue weighted by Gasteiger charge is -1.92. The minimum atomic E-state index is 0.753. The molecule has 0 aliphatic heterocycles. The lowest BCUT2D eigenvalue weighted by molar-refractivity contribution is 1.17. The topological polar surface area (TPSA) is 0 Å². The minimum absolute atomic E-state index is 0.753. The quantitative estimate of drug-likeness (QED) is 0.607. The molecule has 2 aromatic rings. The molecule has 0 saturated heterocycles. The van der Waals surface area contributed by atoms with E-state index in [1.54, 1.807) is 5.57 Å². The van der Waals surface area contributed by atoms with E-state index in [2.05, 4.69) is 42.5 Å². The molecule has 0 amide bonds. The monoisotopic (exact) mass is 210 g/mol. The summed E-state index contributed by atoms with van der Waals surface area (Å²) in [6, 6.07) is 8.69. The number of thiophene rings is 1. The lowest BCUT2D eigenvalue weighted by atomic mass is 10.1. The van der Waals surface area contributed by atoms with Crippen molar-refractivity contribution < 1.29 is 0 Å². The maximum atomic E-state index is 2.39. The van der Waals surface area contributed by atoms with Gasteiger partial charge in [0.15, 0.2) is 0 Å². The fourth-order valence-electron chi connectivity index (χ4n) is 2.30. The van der Waals surface area contributed by atoms with Crippen molar-refractivity contribution in [3.05, 3.63) is 46.4 Å². The molecule has 4 rings (SSSR count). The van der Waals surface area contributed by atoms with Crippen molar-refractivity contribution in [1.82, 2.24) is 0 Å². The van der Waals surface area contributed by atoms with Gasteiger partial charge < -0.3 is 0 Å². The molecule has 72 valence electrons. The van der Waals surface area contributed by atoms with Crippen LogP contribution in [0.2, 0.25) is 0 Å². The number of allylic oxidation sites excluding steroid dienone is 2. The highest BCUT2D eigenvalue weighted by Gasteiger charge is 2.29. The minimum Gasteiger partial charge on any atom is -0.135 e. The zero-order valence-electron chi connectivity index (χ0n) is 8.23. The molecule has 0 bridgehead atoms. The molecule has 1 aromatic heterocycles. The van der Waals surface area contributed by atoms with Crippen LogP contribution in [0, 0.1) is 5.92 Å². The van der Waals surface area contributed by atoms with Crippen molar-refractivity contribution in [2.45, 2.75) is 6.42 Å². The summed E-state index contributed by atoms with van der Waals surface area (Å²) >= 11 is 1.92. The highest BCUT2D eigenvalue weighted by Crippen LogP contribution is 2.46. The van der Waals surface area contributed by atoms with Gasteiger partial charge in [-0.2, -0.15) is 0 Å². The van der Waals surface area contributed by atoms with E-state index in [9.17, 15) is 0 Å². The lowest BCUT2D eigenvalue weighted by Crippen LogP contribution is -1.71. The molecular formula is C14H10S. The maximum Gasteiger partial charge on any atom is 0.0355 e. The maximum absolute atomic E-state index is 2.39. The van der Waals surface area contributed by atoms with Crippen LogP contribution in [0.1, 0.15) is 16.9 Å². The molecule has 1 atom stereocenters. The van der Waals surface area contributed by atoms with Gasteiger partial charge in [0.05, 0.1) is 0 Å². The normalized spacial score (nSPS) is 21.9. The summed E-state index contributed by atoms with van der Waals surface area (Å²) in [5.41, 5.74) is 3.03. The Morgan fingerprint density at radius 1 is 1.20 bits per heavy atom. The fourth-order valence-corrected chi connectivity index (χ4v) is 3.47. The van der Waals surface area contributed by atoms with E-state index in [1.165, 1.54) is 26.9 Å². The molecule has 0 radical (unpaired) electrons. The highest BCUT2D eigenvalue weighted by atomic mass is 32.1. The Labute approximate surface area is 92.6 Å². The van der Waals surface area contributed by atoms with Crippen LogP contribution in [0.4, 0.5) is 0 Å². The van der Waals surface area contributed by atoms with Crippen molar-refractivity contribution in [2.75, 3.05) is 0 Å². The molecule has 1 heteroatoms. The third-order valence-electron chi connectivity index (χ3n) is 3.25. The van der Waals surface area contributed by atoms with Crippen molar-refractivity contribution in [2.24, 2.45) is 5.92 Å². The van der Waals surface area contributed by atoms with Gasteiger partial charge in [-0.15, -0.1) is 11.3 Å². The molecule has 1 fully saturated rings. The van der Waals surface area contributed by atoms with Gasteiger partial charge in [-0.3, -0.25) is 0 Å². The van der Waals surface area contributed by atoms with Crippen molar-refractivity contribution >= 4 is 33.6 Å². The SMILES string of the molecule is C1=CC2CC2=Cc2sc3ccccc3c21. The summed E-state index contributed by atoms with van der Waals surface area (Å²) in [6.45, 7) is 0. The van der Waals surface area contributed by atoms with Crippen LogP contribution in [0.15, 0.2) is 35.9 Å². The molecular weight excluding hydrogens is 200 g/mol. The summed E-state index contributed by atoms with van der Waals surface area (Å²) in [7, 11) is 0. The Balaban J connectivity index is 2.11. The average Bonchev–Trinajstić information content (AvgIpc) is 2.91. The van der Waals surface area contributed by atoms with E-state index in [-0.39, 0.29) is 0 Å². The molecule has 0 spiro atoms. The highest BCUT2D eigenvalue weighted by molar-refractivity contribution is 7.20. The first-order valence-electron chi connectivity index (χ1n) is 5.32. The van der Waals surface area contributed by atoms with Gasteiger partial charge in [-0.25, -0.2) is 0 Å². The third kappa shape index (κ3) is 1.07. The average molecular weight is 210 g/mol. The number of hydrogen-bond acceptors (Lipinski definition) is 1. The second-order valence-electron chi connectivity index (χ2n) is 4.27. The molecule has 2 aliphatic carbocycles. The molecule has 1 saturated carbocycles. The standard InChI is InChI=1S/C14H10S/c1-2-4-13-11(3-1)12-6-5-9-7-10(9)8-14(12)15-13/h1-6,8-9H,7H2. The second kappa shape index (κ2) is 2.61. The van der Waals surface area contributed by atoms with Crippen LogP contribution in [0.3, 0.4) is 0 Å². The Kier molecular flexibility index (Phi) is 1.37. The van der Waals surface area contributed by atoms with E-state index in [4.69, 9.17) is 0 Å². The van der Waals surface area contributed by atoms with Gasteiger partial charge in [0.25, 0.3) is 0 Å². The van der Waals surface area contributed by atoms with Gasteiger partial charge in [-0.05, 0) is 18.6 Å². The predicted octanol–water partition coefficient (Wildman–Crippen LogP) is 4.33. The van der Waals surface area contributed by atoms with E-state index < -0.39 is 0 Å². The van der Waals surface area contributed by atoms with Gasteiger partial charge in [-0.1, -0.05) is 35.9 Å². The first kappa shape index (κ1) is 7.89. The van der Waals surface area contributed by atoms with E-state index in [1.807, 2.05) is 11.3 Å². The number of rotatable bonds is 0. The Bertz CT molecular complexity index is 613. The second-order valence-corrected chi connectivity index (χ2v) is 5.35. The van der Waals surface area contributed by atoms with Gasteiger partial charge >= 0.3 is 0 Å². The van der Waals surface area contributed by atoms with Crippen molar-refractivity contribution in [1.29, 1.82) is 0 Å². The van der Waals surface area contributed by atoms with E-state index in [0.29, 0.717) is 0 Å². The molecule has 1 aromatic carbocycles. The van der Waals surface area contributed by atoms with Crippen molar-refractivity contribution in [3.63, 3.8) is 0 Å². The van der Waals surface area contributed by atoms with Gasteiger partial charge in [0, 0.05) is 26.4 Å². The molecule has 1 unspecified atom stereocenters. The summed E-state index contributed by atoms with van der Waals surface area (Å²) in [5.74, 6) is 0.753. The van der Waals surface area contributed by atoms with Crippen LogP contribution in [0.5, 0.6) is 0 Å². The molecule has 0 nitrogen and oxygen atoms in total. The van der Waals surface area contributed by atoms with E-state index >= 15 is 0 Å². The summed E-state index contributed by atoms with van der Waals surface area (Å²) in [4.78, 5) is 1.45. The first-order valence-corrected chi connectivity index (χ1v) is 6.14. The zero-order valence-corrected chi connectivity index (χ0v) is 9.05. The zero-order chi connectivity index (χ0) is 9.83. The molecule has 1 heterocycles.